The van der Waals surface area contributed by atoms with Crippen LogP contribution in [0.3, 0.4) is 0 Å². The molecule has 1 aliphatic heterocycles. The number of aromatic nitrogens is 2. The van der Waals surface area contributed by atoms with Crippen LogP contribution in [0.1, 0.15) is 63.6 Å². The second-order valence-corrected chi connectivity index (χ2v) is 9.51. The van der Waals surface area contributed by atoms with Crippen molar-refractivity contribution in [2.24, 2.45) is 0 Å². The van der Waals surface area contributed by atoms with Crippen molar-refractivity contribution >= 4 is 23.2 Å². The minimum Gasteiger partial charge on any atom is -0.349 e. The van der Waals surface area contributed by atoms with E-state index < -0.39 is 11.7 Å². The number of halogens is 3. The van der Waals surface area contributed by atoms with E-state index in [9.17, 15) is 22.8 Å². The molecule has 0 spiro atoms. The van der Waals surface area contributed by atoms with Gasteiger partial charge in [0.2, 0.25) is 0 Å². The van der Waals surface area contributed by atoms with E-state index in [0.717, 1.165) is 25.0 Å². The smallest absolute Gasteiger partial charge is 0.349 e. The molecule has 1 saturated carbocycles. The average molecular weight is 489 g/mol. The summed E-state index contributed by atoms with van der Waals surface area (Å²) in [5.74, 6) is -0.162. The highest BCUT2D eigenvalue weighted by molar-refractivity contribution is 7.08. The highest BCUT2D eigenvalue weighted by atomic mass is 32.1. The first-order valence-electron chi connectivity index (χ1n) is 11.2. The zero-order chi connectivity index (χ0) is 23.9. The molecule has 0 bridgehead atoms. The Morgan fingerprint density at radius 1 is 1.09 bits per heavy atom. The number of alkyl halides is 3. The van der Waals surface area contributed by atoms with Gasteiger partial charge in [0, 0.05) is 36.0 Å². The summed E-state index contributed by atoms with van der Waals surface area (Å²) in [6.45, 7) is 0.985. The Hall–Kier alpha value is -3.14. The summed E-state index contributed by atoms with van der Waals surface area (Å²) in [5.41, 5.74) is 1.31. The molecule has 2 aromatic heterocycles. The number of nitrogens with zero attached hydrogens (tertiary/aromatic N) is 3. The van der Waals surface area contributed by atoms with Crippen LogP contribution >= 0.6 is 11.3 Å². The first kappa shape index (κ1) is 22.6. The Labute approximate surface area is 198 Å². The molecule has 6 nitrogen and oxygen atoms in total. The van der Waals surface area contributed by atoms with Crippen LogP contribution < -0.4 is 5.32 Å². The normalized spacial score (nSPS) is 17.1. The molecule has 3 aromatic rings. The van der Waals surface area contributed by atoms with E-state index in [-0.39, 0.29) is 23.8 Å². The second kappa shape index (κ2) is 8.90. The summed E-state index contributed by atoms with van der Waals surface area (Å²) in [6, 6.07) is 6.79. The lowest BCUT2D eigenvalue weighted by atomic mass is 10.0. The fourth-order valence-corrected chi connectivity index (χ4v) is 4.99. The van der Waals surface area contributed by atoms with E-state index in [0.29, 0.717) is 48.4 Å². The van der Waals surface area contributed by atoms with Gasteiger partial charge < -0.3 is 10.2 Å². The summed E-state index contributed by atoms with van der Waals surface area (Å²) in [5, 5.41) is 11.0. The van der Waals surface area contributed by atoms with Crippen molar-refractivity contribution < 1.29 is 22.8 Å². The molecule has 3 heterocycles. The van der Waals surface area contributed by atoms with Gasteiger partial charge in [0.1, 0.15) is 0 Å². The summed E-state index contributed by atoms with van der Waals surface area (Å²) < 4.78 is 41.1. The molecule has 0 unspecified atom stereocenters. The van der Waals surface area contributed by atoms with Gasteiger partial charge in [0.25, 0.3) is 11.8 Å². The van der Waals surface area contributed by atoms with Crippen LogP contribution in [-0.4, -0.2) is 45.6 Å². The third kappa shape index (κ3) is 4.59. The van der Waals surface area contributed by atoms with E-state index in [4.69, 9.17) is 0 Å². The Morgan fingerprint density at radius 2 is 1.85 bits per heavy atom. The summed E-state index contributed by atoms with van der Waals surface area (Å²) in [4.78, 5) is 27.4. The van der Waals surface area contributed by atoms with Gasteiger partial charge >= 0.3 is 6.18 Å². The number of hydrogen-bond acceptors (Lipinski definition) is 4. The largest absolute Gasteiger partial charge is 0.416 e. The van der Waals surface area contributed by atoms with E-state index in [1.807, 2.05) is 5.38 Å². The van der Waals surface area contributed by atoms with E-state index in [1.165, 1.54) is 28.3 Å². The Morgan fingerprint density at radius 3 is 2.50 bits per heavy atom. The molecule has 178 valence electrons. The molecule has 1 N–H and O–H groups in total. The molecular formula is C24H23F3N4O2S. The third-order valence-electron chi connectivity index (χ3n) is 6.32. The van der Waals surface area contributed by atoms with Gasteiger partial charge in [0.15, 0.2) is 0 Å². The minimum atomic E-state index is -4.45. The monoisotopic (exact) mass is 488 g/mol. The number of thiophene rings is 1. The first-order valence-corrected chi connectivity index (χ1v) is 12.1. The van der Waals surface area contributed by atoms with Crippen LogP contribution in [0, 0.1) is 0 Å². The molecule has 34 heavy (non-hydrogen) atoms. The van der Waals surface area contributed by atoms with Crippen LogP contribution in [0.4, 0.5) is 13.2 Å². The molecule has 5 rings (SSSR count). The molecule has 1 aromatic carbocycles. The summed E-state index contributed by atoms with van der Waals surface area (Å²) in [7, 11) is 0. The summed E-state index contributed by atoms with van der Waals surface area (Å²) in [6.07, 6.45) is 0.0545. The molecule has 0 radical (unpaired) electrons. The molecule has 2 aliphatic rings. The van der Waals surface area contributed by atoms with Crippen LogP contribution in [0.2, 0.25) is 0 Å². The molecule has 1 saturated heterocycles. The Kier molecular flexibility index (Phi) is 5.93. The number of nitrogens with one attached hydrogen (secondary N) is 1. The van der Waals surface area contributed by atoms with Gasteiger partial charge in [0.05, 0.1) is 28.7 Å². The van der Waals surface area contributed by atoms with Gasteiger partial charge in [-0.15, -0.1) is 0 Å². The molecular weight excluding hydrogens is 465 g/mol. The van der Waals surface area contributed by atoms with Crippen LogP contribution in [0.15, 0.2) is 47.3 Å². The lowest BCUT2D eigenvalue weighted by Gasteiger charge is -2.32. The maximum absolute atomic E-state index is 13.3. The zero-order valence-corrected chi connectivity index (χ0v) is 19.0. The van der Waals surface area contributed by atoms with Crippen LogP contribution in [0.5, 0.6) is 0 Å². The van der Waals surface area contributed by atoms with Gasteiger partial charge in [-0.05, 0) is 55.3 Å². The number of likely N-dealkylation sites (tertiary alicyclic amines) is 1. The van der Waals surface area contributed by atoms with Crippen molar-refractivity contribution in [1.82, 2.24) is 20.0 Å². The predicted octanol–water partition coefficient (Wildman–Crippen LogP) is 4.86. The fraction of sp³-hybridized carbons (Fsp3) is 0.375. The van der Waals surface area contributed by atoms with Crippen molar-refractivity contribution in [2.45, 2.75) is 43.8 Å². The van der Waals surface area contributed by atoms with Gasteiger partial charge in [-0.2, -0.15) is 29.6 Å². The van der Waals surface area contributed by atoms with Crippen molar-refractivity contribution in [3.05, 3.63) is 69.7 Å². The number of piperidine rings is 1. The highest BCUT2D eigenvalue weighted by Crippen LogP contribution is 2.43. The Balaban J connectivity index is 1.31. The minimum absolute atomic E-state index is 0.00724. The standard InChI is InChI=1S/C24H23F3N4O2S/c25-24(26,27)17-2-1-3-19(12-17)31-21(15-4-5-15)20(13-28-31)23(33)30-9-6-18(7-10-30)29-22(32)16-8-11-34-14-16/h1-3,8,11-15,18H,4-7,9-10H2,(H,29,32). The van der Waals surface area contributed by atoms with Crippen molar-refractivity contribution in [3.8, 4) is 5.69 Å². The highest BCUT2D eigenvalue weighted by Gasteiger charge is 2.36. The van der Waals surface area contributed by atoms with Crippen LogP contribution in [0.25, 0.3) is 5.69 Å². The van der Waals surface area contributed by atoms with E-state index in [2.05, 4.69) is 10.4 Å². The van der Waals surface area contributed by atoms with E-state index >= 15 is 0 Å². The number of rotatable bonds is 5. The van der Waals surface area contributed by atoms with Crippen molar-refractivity contribution in [2.75, 3.05) is 13.1 Å². The number of carbonyl (C=O) groups is 2. The van der Waals surface area contributed by atoms with Gasteiger partial charge in [-0.25, -0.2) is 4.68 Å². The maximum atomic E-state index is 13.3. The number of amides is 2. The average Bonchev–Trinajstić information content (AvgIpc) is 3.33. The van der Waals surface area contributed by atoms with Crippen molar-refractivity contribution in [3.63, 3.8) is 0 Å². The first-order chi connectivity index (χ1) is 16.3. The molecule has 10 heteroatoms. The van der Waals surface area contributed by atoms with E-state index in [1.54, 1.807) is 22.4 Å². The third-order valence-corrected chi connectivity index (χ3v) is 7.00. The topological polar surface area (TPSA) is 67.2 Å². The lowest BCUT2D eigenvalue weighted by Crippen LogP contribution is -2.46. The predicted molar refractivity (Wildman–Crippen MR) is 121 cm³/mol. The number of benzene rings is 1. The van der Waals surface area contributed by atoms with Crippen LogP contribution in [-0.2, 0) is 6.18 Å². The van der Waals surface area contributed by atoms with Crippen molar-refractivity contribution in [1.29, 1.82) is 0 Å². The molecule has 2 fully saturated rings. The summed E-state index contributed by atoms with van der Waals surface area (Å²) >= 11 is 1.47. The van der Waals surface area contributed by atoms with Gasteiger partial charge in [-0.3, -0.25) is 9.59 Å². The second-order valence-electron chi connectivity index (χ2n) is 8.73. The zero-order valence-electron chi connectivity index (χ0n) is 18.2. The lowest BCUT2D eigenvalue weighted by molar-refractivity contribution is -0.137. The molecule has 0 atom stereocenters. The molecule has 2 amide bonds. The quantitative estimate of drug-likeness (QED) is 0.558. The SMILES string of the molecule is O=C(NC1CCN(C(=O)c2cnn(-c3cccc(C(F)(F)F)c3)c2C2CC2)CC1)c1ccsc1. The number of carbonyl (C=O) groups excluding carboxylic acids is 2. The Bertz CT molecular complexity index is 1190. The van der Waals surface area contributed by atoms with Gasteiger partial charge in [-0.1, -0.05) is 6.07 Å². The fourth-order valence-electron chi connectivity index (χ4n) is 4.35. The number of hydrogen-bond donors (Lipinski definition) is 1. The molecule has 1 aliphatic carbocycles. The maximum Gasteiger partial charge on any atom is 0.416 e.